The molecule has 2 N–H and O–H groups in total. The topological polar surface area (TPSA) is 57.5 Å². The van der Waals surface area contributed by atoms with Crippen LogP contribution in [-0.2, 0) is 4.79 Å². The minimum atomic E-state index is -0.961. The van der Waals surface area contributed by atoms with E-state index < -0.39 is 18.0 Å². The van der Waals surface area contributed by atoms with Crippen molar-refractivity contribution in [2.45, 2.75) is 32.3 Å². The average Bonchev–Trinajstić information content (AvgIpc) is 2.04. The van der Waals surface area contributed by atoms with Gasteiger partial charge in [0.15, 0.2) is 0 Å². The monoisotopic (exact) mass is 194 g/mol. The van der Waals surface area contributed by atoms with Crippen LogP contribution in [0.4, 0.5) is 0 Å². The zero-order valence-electron chi connectivity index (χ0n) is 7.16. The van der Waals surface area contributed by atoms with Gasteiger partial charge < -0.3 is 10.2 Å². The highest BCUT2D eigenvalue weighted by Crippen LogP contribution is 2.14. The summed E-state index contributed by atoms with van der Waals surface area (Å²) in [7, 11) is 0. The molecule has 0 rings (SSSR count). The number of aliphatic hydroxyl groups is 1. The van der Waals surface area contributed by atoms with Crippen LogP contribution in [0.3, 0.4) is 0 Å². The number of carboxylic acids is 1. The normalized spacial score (nSPS) is 15.6. The highest BCUT2D eigenvalue weighted by atomic mass is 35.5. The van der Waals surface area contributed by atoms with Crippen molar-refractivity contribution in [1.82, 2.24) is 0 Å². The van der Waals surface area contributed by atoms with Crippen molar-refractivity contribution in [3.63, 3.8) is 0 Å². The smallest absolute Gasteiger partial charge is 0.309 e. The molecule has 1 unspecified atom stereocenters. The number of halogens is 1. The fraction of sp³-hybridized carbons (Fsp3) is 0.875. The van der Waals surface area contributed by atoms with E-state index in [9.17, 15) is 9.90 Å². The second-order valence-electron chi connectivity index (χ2n) is 2.81. The van der Waals surface area contributed by atoms with Gasteiger partial charge in [-0.25, -0.2) is 0 Å². The molecule has 0 aliphatic heterocycles. The number of alkyl halides is 1. The maximum absolute atomic E-state index is 10.6. The van der Waals surface area contributed by atoms with Crippen molar-refractivity contribution >= 4 is 17.6 Å². The molecular formula is C8H15ClO3. The van der Waals surface area contributed by atoms with E-state index in [4.69, 9.17) is 16.7 Å². The zero-order chi connectivity index (χ0) is 9.56. The molecule has 0 radical (unpaired) electrons. The molecule has 0 fully saturated rings. The number of hydrogen-bond acceptors (Lipinski definition) is 2. The molecule has 0 aliphatic carbocycles. The molecule has 0 saturated carbocycles. The number of aliphatic hydroxyl groups excluding tert-OH is 1. The first-order chi connectivity index (χ1) is 5.63. The summed E-state index contributed by atoms with van der Waals surface area (Å²) in [6, 6.07) is 0. The molecule has 3 nitrogen and oxygen atoms in total. The van der Waals surface area contributed by atoms with Crippen molar-refractivity contribution in [1.29, 1.82) is 0 Å². The first-order valence-corrected chi connectivity index (χ1v) is 4.63. The van der Waals surface area contributed by atoms with Gasteiger partial charge in [-0.05, 0) is 6.42 Å². The number of unbranched alkanes of at least 4 members (excludes halogenated alkanes) is 1. The highest BCUT2D eigenvalue weighted by Gasteiger charge is 2.24. The molecule has 0 spiro atoms. The summed E-state index contributed by atoms with van der Waals surface area (Å²) in [5.41, 5.74) is 0. The van der Waals surface area contributed by atoms with Gasteiger partial charge in [0.1, 0.15) is 0 Å². The van der Waals surface area contributed by atoms with Gasteiger partial charge in [0.25, 0.3) is 0 Å². The van der Waals surface area contributed by atoms with Gasteiger partial charge in [0.2, 0.25) is 0 Å². The van der Waals surface area contributed by atoms with Crippen LogP contribution in [0.2, 0.25) is 0 Å². The molecule has 0 amide bonds. The third-order valence-electron chi connectivity index (χ3n) is 1.81. The van der Waals surface area contributed by atoms with Gasteiger partial charge in [0, 0.05) is 5.88 Å². The summed E-state index contributed by atoms with van der Waals surface area (Å²) in [6.07, 6.45) is 1.32. The van der Waals surface area contributed by atoms with E-state index in [1.54, 1.807) is 0 Å². The van der Waals surface area contributed by atoms with E-state index >= 15 is 0 Å². The SMILES string of the molecule is CCCCC(C(=O)O)[C@@H](O)CCl. The van der Waals surface area contributed by atoms with Gasteiger partial charge in [-0.1, -0.05) is 19.8 Å². The first kappa shape index (κ1) is 11.7. The van der Waals surface area contributed by atoms with Crippen LogP contribution in [-0.4, -0.2) is 28.2 Å². The molecular weight excluding hydrogens is 180 g/mol. The van der Waals surface area contributed by atoms with Gasteiger partial charge in [-0.3, -0.25) is 4.79 Å². The van der Waals surface area contributed by atoms with E-state index in [1.165, 1.54) is 0 Å². The van der Waals surface area contributed by atoms with Crippen molar-refractivity contribution in [2.24, 2.45) is 5.92 Å². The molecule has 72 valence electrons. The molecule has 12 heavy (non-hydrogen) atoms. The molecule has 2 atom stereocenters. The lowest BCUT2D eigenvalue weighted by atomic mass is 9.97. The Bertz CT molecular complexity index is 138. The van der Waals surface area contributed by atoms with Crippen molar-refractivity contribution in [3.05, 3.63) is 0 Å². The predicted molar refractivity (Wildman–Crippen MR) is 47.4 cm³/mol. The number of carbonyl (C=O) groups is 1. The van der Waals surface area contributed by atoms with E-state index in [0.29, 0.717) is 6.42 Å². The quantitative estimate of drug-likeness (QED) is 0.630. The maximum Gasteiger partial charge on any atom is 0.309 e. The Morgan fingerprint density at radius 1 is 1.58 bits per heavy atom. The minimum Gasteiger partial charge on any atom is -0.481 e. The van der Waals surface area contributed by atoms with E-state index in [0.717, 1.165) is 12.8 Å². The number of rotatable bonds is 6. The molecule has 0 aromatic heterocycles. The second-order valence-corrected chi connectivity index (χ2v) is 3.12. The van der Waals surface area contributed by atoms with E-state index in [2.05, 4.69) is 0 Å². The van der Waals surface area contributed by atoms with E-state index in [1.807, 2.05) is 6.92 Å². The third-order valence-corrected chi connectivity index (χ3v) is 2.12. The van der Waals surface area contributed by atoms with Gasteiger partial charge in [0.05, 0.1) is 12.0 Å². The van der Waals surface area contributed by atoms with Gasteiger partial charge >= 0.3 is 5.97 Å². The molecule has 0 saturated heterocycles. The van der Waals surface area contributed by atoms with Crippen LogP contribution in [0.5, 0.6) is 0 Å². The van der Waals surface area contributed by atoms with Crippen molar-refractivity contribution in [2.75, 3.05) is 5.88 Å². The molecule has 0 heterocycles. The number of carboxylic acid groups (broad SMARTS) is 1. The Morgan fingerprint density at radius 3 is 2.50 bits per heavy atom. The fourth-order valence-corrected chi connectivity index (χ4v) is 1.23. The fourth-order valence-electron chi connectivity index (χ4n) is 1.01. The first-order valence-electron chi connectivity index (χ1n) is 4.10. The van der Waals surface area contributed by atoms with E-state index in [-0.39, 0.29) is 5.88 Å². The summed E-state index contributed by atoms with van der Waals surface area (Å²) in [5.74, 6) is -1.68. The Morgan fingerprint density at radius 2 is 2.17 bits per heavy atom. The second kappa shape index (κ2) is 6.26. The summed E-state index contributed by atoms with van der Waals surface area (Å²) < 4.78 is 0. The molecule has 4 heteroatoms. The standard InChI is InChI=1S/C8H15ClO3/c1-2-3-4-6(8(11)12)7(10)5-9/h6-7,10H,2-5H2,1H3,(H,11,12)/t6?,7-/m0/s1. The lowest BCUT2D eigenvalue weighted by molar-refractivity contribution is -0.145. The van der Waals surface area contributed by atoms with Crippen LogP contribution >= 0.6 is 11.6 Å². The Labute approximate surface area is 77.3 Å². The van der Waals surface area contributed by atoms with Crippen molar-refractivity contribution < 1.29 is 15.0 Å². The number of hydrogen-bond donors (Lipinski definition) is 2. The summed E-state index contributed by atoms with van der Waals surface area (Å²) in [6.45, 7) is 1.98. The summed E-state index contributed by atoms with van der Waals surface area (Å²) in [4.78, 5) is 10.6. The predicted octanol–water partition coefficient (Wildman–Crippen LogP) is 1.48. The van der Waals surface area contributed by atoms with Crippen LogP contribution in [0.25, 0.3) is 0 Å². The zero-order valence-corrected chi connectivity index (χ0v) is 7.92. The van der Waals surface area contributed by atoms with Gasteiger partial charge in [-0.2, -0.15) is 0 Å². The maximum atomic E-state index is 10.6. The Hall–Kier alpha value is -0.280. The average molecular weight is 195 g/mol. The van der Waals surface area contributed by atoms with Crippen LogP contribution in [0.1, 0.15) is 26.2 Å². The van der Waals surface area contributed by atoms with Crippen LogP contribution in [0, 0.1) is 5.92 Å². The molecule has 0 aromatic rings. The highest BCUT2D eigenvalue weighted by molar-refractivity contribution is 6.18. The van der Waals surface area contributed by atoms with Gasteiger partial charge in [-0.15, -0.1) is 11.6 Å². The molecule has 0 aliphatic rings. The van der Waals surface area contributed by atoms with Crippen molar-refractivity contribution in [3.8, 4) is 0 Å². The largest absolute Gasteiger partial charge is 0.481 e. The summed E-state index contributed by atoms with van der Waals surface area (Å²) in [5, 5.41) is 17.9. The van der Waals surface area contributed by atoms with Crippen LogP contribution < -0.4 is 0 Å². The summed E-state index contributed by atoms with van der Waals surface area (Å²) >= 11 is 5.36. The Kier molecular flexibility index (Phi) is 6.11. The lowest BCUT2D eigenvalue weighted by Crippen LogP contribution is -2.29. The minimum absolute atomic E-state index is 0.0132. The lowest BCUT2D eigenvalue weighted by Gasteiger charge is -2.15. The van der Waals surface area contributed by atoms with Crippen LogP contribution in [0.15, 0.2) is 0 Å². The Balaban J connectivity index is 3.94. The molecule has 0 bridgehead atoms. The molecule has 0 aromatic carbocycles. The number of aliphatic carboxylic acids is 1. The third kappa shape index (κ3) is 3.93.